The van der Waals surface area contributed by atoms with Crippen molar-refractivity contribution in [3.05, 3.63) is 60.0 Å². The highest BCUT2D eigenvalue weighted by Gasteiger charge is 2.34. The standard InChI is InChI=1S/C21H22N4O3/c1-14-6-3-4-7-17(14)19-23-20(28-24-19)18-8-5-13-25(18)21(26)22-15-9-11-16(27-2)12-10-15/h3-4,6-7,9-12,18H,5,8,13H2,1-2H3,(H,22,26)/t18-/m0/s1. The van der Waals surface area contributed by atoms with Crippen LogP contribution in [0.3, 0.4) is 0 Å². The molecule has 1 aromatic heterocycles. The largest absolute Gasteiger partial charge is 0.497 e. The smallest absolute Gasteiger partial charge is 0.322 e. The molecule has 0 unspecified atom stereocenters. The lowest BCUT2D eigenvalue weighted by molar-refractivity contribution is 0.193. The molecule has 1 fully saturated rings. The third kappa shape index (κ3) is 3.55. The number of nitrogens with one attached hydrogen (secondary N) is 1. The Labute approximate surface area is 163 Å². The van der Waals surface area contributed by atoms with Crippen LogP contribution in [0.25, 0.3) is 11.4 Å². The Hall–Kier alpha value is -3.35. The number of anilines is 1. The summed E-state index contributed by atoms with van der Waals surface area (Å²) in [6, 6.07) is 14.7. The van der Waals surface area contributed by atoms with Crippen LogP contribution in [-0.4, -0.2) is 34.7 Å². The van der Waals surface area contributed by atoms with Crippen molar-refractivity contribution in [2.45, 2.75) is 25.8 Å². The van der Waals surface area contributed by atoms with Crippen LogP contribution in [0.5, 0.6) is 5.75 Å². The second-order valence-corrected chi connectivity index (χ2v) is 6.78. The summed E-state index contributed by atoms with van der Waals surface area (Å²) in [5.74, 6) is 1.77. The summed E-state index contributed by atoms with van der Waals surface area (Å²) >= 11 is 0. The fourth-order valence-electron chi connectivity index (χ4n) is 3.44. The van der Waals surface area contributed by atoms with Gasteiger partial charge in [-0.25, -0.2) is 4.79 Å². The molecule has 0 spiro atoms. The van der Waals surface area contributed by atoms with Gasteiger partial charge >= 0.3 is 6.03 Å². The highest BCUT2D eigenvalue weighted by Crippen LogP contribution is 2.33. The lowest BCUT2D eigenvalue weighted by atomic mass is 10.1. The molecule has 4 rings (SSSR count). The van der Waals surface area contributed by atoms with Gasteiger partial charge in [0.25, 0.3) is 0 Å². The number of urea groups is 1. The van der Waals surface area contributed by atoms with E-state index in [2.05, 4.69) is 15.5 Å². The van der Waals surface area contributed by atoms with Gasteiger partial charge in [-0.1, -0.05) is 29.4 Å². The molecule has 0 saturated carbocycles. The number of hydrogen-bond acceptors (Lipinski definition) is 5. The van der Waals surface area contributed by atoms with Crippen molar-refractivity contribution in [1.29, 1.82) is 0 Å². The maximum Gasteiger partial charge on any atom is 0.322 e. The van der Waals surface area contributed by atoms with E-state index in [1.165, 1.54) is 0 Å². The molecule has 1 atom stereocenters. The number of carbonyl (C=O) groups excluding carboxylic acids is 1. The maximum absolute atomic E-state index is 12.8. The average molecular weight is 378 g/mol. The zero-order chi connectivity index (χ0) is 19.5. The zero-order valence-electron chi connectivity index (χ0n) is 15.9. The summed E-state index contributed by atoms with van der Waals surface area (Å²) in [5, 5.41) is 7.05. The molecule has 1 saturated heterocycles. The summed E-state index contributed by atoms with van der Waals surface area (Å²) in [5.41, 5.74) is 2.72. The number of likely N-dealkylation sites (tertiary alicyclic amines) is 1. The van der Waals surface area contributed by atoms with Crippen molar-refractivity contribution in [1.82, 2.24) is 15.0 Å². The van der Waals surface area contributed by atoms with Crippen LogP contribution in [0.4, 0.5) is 10.5 Å². The number of aryl methyl sites for hydroxylation is 1. The van der Waals surface area contributed by atoms with Crippen LogP contribution in [0.2, 0.25) is 0 Å². The topological polar surface area (TPSA) is 80.5 Å². The van der Waals surface area contributed by atoms with Crippen LogP contribution in [0.1, 0.15) is 30.3 Å². The molecule has 7 heteroatoms. The van der Waals surface area contributed by atoms with E-state index in [9.17, 15) is 4.79 Å². The SMILES string of the molecule is COc1ccc(NC(=O)N2CCC[C@H]2c2nc(-c3ccccc3C)no2)cc1. The summed E-state index contributed by atoms with van der Waals surface area (Å²) in [6.07, 6.45) is 1.69. The molecule has 3 aromatic rings. The van der Waals surface area contributed by atoms with Crippen molar-refractivity contribution >= 4 is 11.7 Å². The first-order chi connectivity index (χ1) is 13.7. The number of aromatic nitrogens is 2. The van der Waals surface area contributed by atoms with Gasteiger partial charge in [0.1, 0.15) is 11.8 Å². The fraction of sp³-hybridized carbons (Fsp3) is 0.286. The molecule has 1 aliphatic heterocycles. The van der Waals surface area contributed by atoms with Crippen molar-refractivity contribution in [2.75, 3.05) is 19.0 Å². The van der Waals surface area contributed by atoms with Crippen molar-refractivity contribution < 1.29 is 14.1 Å². The van der Waals surface area contributed by atoms with Gasteiger partial charge in [0.05, 0.1) is 7.11 Å². The number of benzene rings is 2. The van der Waals surface area contributed by atoms with Gasteiger partial charge in [-0.2, -0.15) is 4.98 Å². The molecule has 0 radical (unpaired) electrons. The number of ether oxygens (including phenoxy) is 1. The Morgan fingerprint density at radius 1 is 1.21 bits per heavy atom. The number of nitrogens with zero attached hydrogens (tertiary/aromatic N) is 3. The molecular formula is C21H22N4O3. The van der Waals surface area contributed by atoms with Crippen LogP contribution >= 0.6 is 0 Å². The zero-order valence-corrected chi connectivity index (χ0v) is 15.9. The predicted octanol–water partition coefficient (Wildman–Crippen LogP) is 4.42. The van der Waals surface area contributed by atoms with Gasteiger partial charge in [0.15, 0.2) is 0 Å². The molecule has 1 N–H and O–H groups in total. The normalized spacial score (nSPS) is 16.2. The molecule has 2 amide bonds. The Bertz CT molecular complexity index is 968. The monoisotopic (exact) mass is 378 g/mol. The van der Waals surface area contributed by atoms with Gasteiger partial charge in [0.2, 0.25) is 11.7 Å². The van der Waals surface area contributed by atoms with Gasteiger partial charge in [-0.15, -0.1) is 0 Å². The van der Waals surface area contributed by atoms with E-state index in [-0.39, 0.29) is 12.1 Å². The molecule has 2 aromatic carbocycles. The van der Waals surface area contributed by atoms with Crippen molar-refractivity contribution in [3.63, 3.8) is 0 Å². The lowest BCUT2D eigenvalue weighted by Crippen LogP contribution is -2.34. The van der Waals surface area contributed by atoms with E-state index in [1.807, 2.05) is 55.5 Å². The minimum absolute atomic E-state index is 0.177. The van der Waals surface area contributed by atoms with E-state index >= 15 is 0 Å². The minimum Gasteiger partial charge on any atom is -0.497 e. The molecule has 144 valence electrons. The second-order valence-electron chi connectivity index (χ2n) is 6.78. The summed E-state index contributed by atoms with van der Waals surface area (Å²) in [6.45, 7) is 2.66. The number of methoxy groups -OCH3 is 1. The Morgan fingerprint density at radius 3 is 2.75 bits per heavy atom. The van der Waals surface area contributed by atoms with Gasteiger partial charge < -0.3 is 19.5 Å². The number of rotatable bonds is 4. The first kappa shape index (κ1) is 18.0. The van der Waals surface area contributed by atoms with Crippen LogP contribution in [0.15, 0.2) is 53.1 Å². The number of amides is 2. The van der Waals surface area contributed by atoms with Gasteiger partial charge in [0, 0.05) is 17.8 Å². The number of hydrogen-bond donors (Lipinski definition) is 1. The third-order valence-corrected chi connectivity index (χ3v) is 4.97. The Morgan fingerprint density at radius 2 is 2.00 bits per heavy atom. The van der Waals surface area contributed by atoms with Crippen molar-refractivity contribution in [3.8, 4) is 17.1 Å². The highest BCUT2D eigenvalue weighted by molar-refractivity contribution is 5.89. The summed E-state index contributed by atoms with van der Waals surface area (Å²) in [4.78, 5) is 19.1. The average Bonchev–Trinajstić information content (AvgIpc) is 3.38. The second kappa shape index (κ2) is 7.72. The van der Waals surface area contributed by atoms with E-state index in [0.717, 1.165) is 29.7 Å². The molecule has 0 aliphatic carbocycles. The van der Waals surface area contributed by atoms with E-state index in [0.29, 0.717) is 23.9 Å². The highest BCUT2D eigenvalue weighted by atomic mass is 16.5. The molecule has 28 heavy (non-hydrogen) atoms. The summed E-state index contributed by atoms with van der Waals surface area (Å²) in [7, 11) is 1.61. The predicted molar refractivity (Wildman–Crippen MR) is 105 cm³/mol. The Kier molecular flexibility index (Phi) is 4.97. The first-order valence-electron chi connectivity index (χ1n) is 9.27. The maximum atomic E-state index is 12.8. The van der Waals surface area contributed by atoms with Crippen LogP contribution < -0.4 is 10.1 Å². The quantitative estimate of drug-likeness (QED) is 0.727. The molecule has 7 nitrogen and oxygen atoms in total. The van der Waals surface area contributed by atoms with E-state index < -0.39 is 0 Å². The molecule has 0 bridgehead atoms. The fourth-order valence-corrected chi connectivity index (χ4v) is 3.44. The van der Waals surface area contributed by atoms with E-state index in [4.69, 9.17) is 9.26 Å². The Balaban J connectivity index is 1.50. The van der Waals surface area contributed by atoms with E-state index in [1.54, 1.807) is 12.0 Å². The number of carbonyl (C=O) groups is 1. The van der Waals surface area contributed by atoms with Crippen LogP contribution in [-0.2, 0) is 0 Å². The third-order valence-electron chi connectivity index (χ3n) is 4.97. The molecular weight excluding hydrogens is 356 g/mol. The first-order valence-corrected chi connectivity index (χ1v) is 9.27. The molecule has 1 aliphatic rings. The van der Waals surface area contributed by atoms with Crippen molar-refractivity contribution in [2.24, 2.45) is 0 Å². The van der Waals surface area contributed by atoms with Gasteiger partial charge in [-0.05, 0) is 49.6 Å². The molecule has 2 heterocycles. The minimum atomic E-state index is -0.219. The van der Waals surface area contributed by atoms with Crippen LogP contribution in [0, 0.1) is 6.92 Å². The van der Waals surface area contributed by atoms with Gasteiger partial charge in [-0.3, -0.25) is 0 Å². The lowest BCUT2D eigenvalue weighted by Gasteiger charge is -2.22. The summed E-state index contributed by atoms with van der Waals surface area (Å²) < 4.78 is 10.7.